The van der Waals surface area contributed by atoms with Crippen LogP contribution in [0.5, 0.6) is 0 Å². The molecule has 0 aromatic rings. The molecule has 0 bridgehead atoms. The molecule has 0 aromatic heterocycles. The quantitative estimate of drug-likeness (QED) is 0.0154. The minimum Gasteiger partial charge on any atom is -0.480 e. The highest BCUT2D eigenvalue weighted by Gasteiger charge is 2.40. The number of hydrogen-bond donors (Lipinski definition) is 15. The van der Waals surface area contributed by atoms with Gasteiger partial charge in [0.05, 0.1) is 26.2 Å². The van der Waals surface area contributed by atoms with Gasteiger partial charge in [-0.15, -0.1) is 0 Å². The van der Waals surface area contributed by atoms with E-state index in [0.717, 1.165) is 45.1 Å². The molecule has 82 heavy (non-hydrogen) atoms. The lowest BCUT2D eigenvalue weighted by molar-refractivity contribution is -0.155. The first-order valence-corrected chi connectivity index (χ1v) is 26.9. The molecular formula is C49H81N11O22. The van der Waals surface area contributed by atoms with E-state index in [4.69, 9.17) is 10.2 Å². The monoisotopic (exact) mass is 1180 g/mol. The molecule has 0 aromatic carbocycles. The molecule has 2 amide bonds. The highest BCUT2D eigenvalue weighted by Crippen LogP contribution is 2.11. The van der Waals surface area contributed by atoms with Crippen molar-refractivity contribution in [3.05, 3.63) is 0 Å². The van der Waals surface area contributed by atoms with Gasteiger partial charge >= 0.3 is 59.6 Å². The van der Waals surface area contributed by atoms with Crippen LogP contribution in [0.3, 0.4) is 0 Å². The molecule has 1 fully saturated rings. The standard InChI is InChI=1S/C49H81N11O22/c61-34(40(68)41(69)38(46(76)77)55-49(82)56-39(47(78)79)42(70)43(71)48(80)81)28-53-14-7-4-2-1-3-6-12-50-13-8-5-10-32(44(72)73)54-19-18-52-17-16-51-15-9-11-33(45(74)75)60-26-24-58(30-36(64)65)22-20-57(29-35(62)63)21-23-59(25-27-60)31-37(66)67/h32-33,38-39,50-54H,1-31H2,(H,62,63)(H,64,65)(H,66,67)(H,72,73)(H,74,75)(H,76,77)(H,78,79)(H,80,81)(H2,55,56,82). The molecular weight excluding hydrogens is 1090 g/mol. The highest BCUT2D eigenvalue weighted by molar-refractivity contribution is 6.66. The summed E-state index contributed by atoms with van der Waals surface area (Å²) in [6.07, 6.45) is 7.62. The van der Waals surface area contributed by atoms with E-state index in [9.17, 15) is 97.8 Å². The molecule has 15 N–H and O–H groups in total. The number of ketones is 5. The first-order chi connectivity index (χ1) is 38.8. The summed E-state index contributed by atoms with van der Waals surface area (Å²) in [5.74, 6) is -21.3. The van der Waals surface area contributed by atoms with Gasteiger partial charge in [0.25, 0.3) is 5.78 Å². The summed E-state index contributed by atoms with van der Waals surface area (Å²) in [7, 11) is 0. The SMILES string of the molecule is O=C(O)CN1CCN(CC(=O)O)CCN(C(CCCNCCNCCNC(CCCCNCCCCCCCCNCC(=O)C(=O)C(=O)C(NC(=O)NC(C(=O)O)C(=O)C(=O)C(=O)O)C(=O)O)C(=O)O)C(=O)O)CCN(CC(=O)O)CC1. The zero-order valence-electron chi connectivity index (χ0n) is 45.8. The van der Waals surface area contributed by atoms with Gasteiger partial charge in [0, 0.05) is 78.5 Å². The first kappa shape index (κ1) is 73.0. The molecule has 33 nitrogen and oxygen atoms in total. The summed E-state index contributed by atoms with van der Waals surface area (Å²) in [6, 6.07) is -8.98. The van der Waals surface area contributed by atoms with Gasteiger partial charge in [0.2, 0.25) is 17.3 Å². The van der Waals surface area contributed by atoms with Crippen LogP contribution in [0.25, 0.3) is 0 Å². The zero-order chi connectivity index (χ0) is 61.6. The van der Waals surface area contributed by atoms with E-state index < -0.39 is 113 Å². The molecule has 0 saturated carbocycles. The average molecular weight is 1180 g/mol. The Morgan fingerprint density at radius 1 is 0.378 bits per heavy atom. The second-order valence-corrected chi connectivity index (χ2v) is 19.2. The molecule has 4 atom stereocenters. The maximum atomic E-state index is 12.5. The van der Waals surface area contributed by atoms with Gasteiger partial charge in [-0.25, -0.2) is 19.2 Å². The van der Waals surface area contributed by atoms with E-state index in [-0.39, 0.29) is 85.0 Å². The maximum Gasteiger partial charge on any atom is 0.380 e. The topological polar surface area (TPSA) is 498 Å². The van der Waals surface area contributed by atoms with E-state index in [1.807, 2.05) is 0 Å². The lowest BCUT2D eigenvalue weighted by Gasteiger charge is -2.35. The number of unbranched alkanes of at least 4 members (excludes halogenated alkanes) is 6. The largest absolute Gasteiger partial charge is 0.480 e. The number of nitrogens with zero attached hydrogens (tertiary/aromatic N) is 4. The summed E-state index contributed by atoms with van der Waals surface area (Å²) >= 11 is 0. The number of carbonyl (C=O) groups excluding carboxylic acids is 6. The molecule has 1 rings (SSSR count). The molecule has 0 radical (unpaired) electrons. The van der Waals surface area contributed by atoms with Crippen LogP contribution in [0, 0.1) is 0 Å². The van der Waals surface area contributed by atoms with E-state index >= 15 is 0 Å². The predicted molar refractivity (Wildman–Crippen MR) is 284 cm³/mol. The molecule has 464 valence electrons. The summed E-state index contributed by atoms with van der Waals surface area (Å²) in [6.45, 7) is 4.39. The van der Waals surface area contributed by atoms with Crippen LogP contribution in [-0.2, 0) is 62.3 Å². The highest BCUT2D eigenvalue weighted by atomic mass is 16.4. The van der Waals surface area contributed by atoms with Crippen LogP contribution in [-0.4, -0.2) is 298 Å². The van der Waals surface area contributed by atoms with Crippen molar-refractivity contribution in [2.24, 2.45) is 0 Å². The fourth-order valence-electron chi connectivity index (χ4n) is 8.37. The number of nitrogens with one attached hydrogen (secondary N) is 7. The number of hydrogen-bond acceptors (Lipinski definition) is 23. The van der Waals surface area contributed by atoms with E-state index in [0.29, 0.717) is 65.0 Å². The number of Topliss-reactive ketones (excluding diaryl/α,β-unsaturated/α-hetero) is 5. The van der Waals surface area contributed by atoms with Gasteiger partial charge in [-0.3, -0.25) is 67.5 Å². The van der Waals surface area contributed by atoms with Crippen LogP contribution in [0.4, 0.5) is 4.79 Å². The Morgan fingerprint density at radius 3 is 1.21 bits per heavy atom. The molecule has 33 heteroatoms. The minimum atomic E-state index is -2.78. The van der Waals surface area contributed by atoms with Gasteiger partial charge in [-0.2, -0.15) is 0 Å². The smallest absolute Gasteiger partial charge is 0.380 e. The fraction of sp³-hybridized carbons (Fsp3) is 0.714. The Bertz CT molecular complexity index is 2120. The number of carboxylic acids is 8. The number of urea groups is 1. The Kier molecular flexibility index (Phi) is 37.3. The summed E-state index contributed by atoms with van der Waals surface area (Å²) in [4.78, 5) is 171. The van der Waals surface area contributed by atoms with Crippen molar-refractivity contribution >= 4 is 82.7 Å². The molecule has 1 heterocycles. The van der Waals surface area contributed by atoms with Crippen molar-refractivity contribution in [1.29, 1.82) is 0 Å². The third kappa shape index (κ3) is 32.5. The molecule has 0 aliphatic carbocycles. The number of aliphatic carboxylic acids is 8. The van der Waals surface area contributed by atoms with Crippen LogP contribution < -0.4 is 37.2 Å². The van der Waals surface area contributed by atoms with Crippen LogP contribution >= 0.6 is 0 Å². The first-order valence-electron chi connectivity index (χ1n) is 26.9. The Labute approximate surface area is 472 Å². The fourth-order valence-corrected chi connectivity index (χ4v) is 8.37. The van der Waals surface area contributed by atoms with Crippen molar-refractivity contribution in [2.75, 3.05) is 131 Å². The number of carbonyl (C=O) groups is 14. The van der Waals surface area contributed by atoms with Gasteiger partial charge in [0.1, 0.15) is 12.1 Å². The number of amides is 2. The molecule has 1 aliphatic heterocycles. The number of rotatable bonds is 46. The Balaban J connectivity index is 2.28. The summed E-state index contributed by atoms with van der Waals surface area (Å²) < 4.78 is 0. The minimum absolute atomic E-state index is 0.193. The third-order valence-electron chi connectivity index (χ3n) is 12.8. The van der Waals surface area contributed by atoms with Crippen LogP contribution in [0.1, 0.15) is 70.6 Å². The predicted octanol–water partition coefficient (Wildman–Crippen LogP) is -5.26. The van der Waals surface area contributed by atoms with Gasteiger partial charge in [-0.1, -0.05) is 32.1 Å². The zero-order valence-corrected chi connectivity index (χ0v) is 45.8. The Morgan fingerprint density at radius 2 is 0.768 bits per heavy atom. The molecule has 1 aliphatic rings. The second kappa shape index (κ2) is 41.9. The van der Waals surface area contributed by atoms with Crippen LogP contribution in [0.2, 0.25) is 0 Å². The lowest BCUT2D eigenvalue weighted by atomic mass is 10.1. The average Bonchev–Trinajstić information content (AvgIpc) is 3.56. The summed E-state index contributed by atoms with van der Waals surface area (Å²) in [5.41, 5.74) is 0. The van der Waals surface area contributed by atoms with Crippen molar-refractivity contribution in [3.63, 3.8) is 0 Å². The van der Waals surface area contributed by atoms with Crippen molar-refractivity contribution < 1.29 is 108 Å². The maximum absolute atomic E-state index is 12.5. The van der Waals surface area contributed by atoms with E-state index in [2.05, 4.69) is 26.6 Å². The van der Waals surface area contributed by atoms with Crippen molar-refractivity contribution in [2.45, 2.75) is 94.8 Å². The normalized spacial score (nSPS) is 15.5. The number of carboxylic acid groups (broad SMARTS) is 8. The molecule has 1 saturated heterocycles. The molecule has 4 unspecified atom stereocenters. The van der Waals surface area contributed by atoms with Gasteiger partial charge < -0.3 is 78.1 Å². The van der Waals surface area contributed by atoms with Crippen molar-refractivity contribution in [1.82, 2.24) is 56.8 Å². The van der Waals surface area contributed by atoms with Gasteiger partial charge in [0.15, 0.2) is 12.1 Å². The van der Waals surface area contributed by atoms with Crippen molar-refractivity contribution in [3.8, 4) is 0 Å². The summed E-state index contributed by atoms with van der Waals surface area (Å²) in [5, 5.41) is 93.6. The lowest BCUT2D eigenvalue weighted by Crippen LogP contribution is -2.58. The van der Waals surface area contributed by atoms with Crippen LogP contribution in [0.15, 0.2) is 0 Å². The molecule has 0 spiro atoms. The van der Waals surface area contributed by atoms with Gasteiger partial charge in [-0.05, 0) is 64.7 Å². The Hall–Kier alpha value is -6.98. The third-order valence-corrected chi connectivity index (χ3v) is 12.8. The second-order valence-electron chi connectivity index (χ2n) is 19.2. The van der Waals surface area contributed by atoms with E-state index in [1.54, 1.807) is 19.6 Å². The van der Waals surface area contributed by atoms with E-state index in [1.165, 1.54) is 10.6 Å².